The molecule has 126 valence electrons. The Kier molecular flexibility index (Phi) is 9.41. The number of sulfonamides is 1. The molecule has 4 heteroatoms. The molecule has 0 unspecified atom stereocenters. The van der Waals surface area contributed by atoms with Gasteiger partial charge in [0, 0.05) is 6.54 Å². The Labute approximate surface area is 136 Å². The van der Waals surface area contributed by atoms with Crippen molar-refractivity contribution < 1.29 is 8.42 Å². The summed E-state index contributed by atoms with van der Waals surface area (Å²) in [5, 5.41) is 0. The summed E-state index contributed by atoms with van der Waals surface area (Å²) in [5.41, 5.74) is 0.946. The van der Waals surface area contributed by atoms with Gasteiger partial charge in [-0.15, -0.1) is 0 Å². The molecule has 0 heterocycles. The second-order valence-corrected chi connectivity index (χ2v) is 7.61. The highest BCUT2D eigenvalue weighted by atomic mass is 32.2. The Hall–Kier alpha value is -0.870. The third kappa shape index (κ3) is 6.93. The van der Waals surface area contributed by atoms with E-state index in [9.17, 15) is 8.42 Å². The van der Waals surface area contributed by atoms with E-state index in [1.807, 2.05) is 12.1 Å². The zero-order chi connectivity index (χ0) is 16.3. The molecule has 0 saturated heterocycles. The van der Waals surface area contributed by atoms with Crippen LogP contribution in [0, 0.1) is 0 Å². The second kappa shape index (κ2) is 10.8. The molecule has 1 aromatic carbocycles. The third-order valence-corrected chi connectivity index (χ3v) is 5.45. The monoisotopic (exact) mass is 325 g/mol. The number of hydrogen-bond donors (Lipinski definition) is 1. The van der Waals surface area contributed by atoms with Crippen LogP contribution >= 0.6 is 0 Å². The summed E-state index contributed by atoms with van der Waals surface area (Å²) in [6.45, 7) is 4.79. The van der Waals surface area contributed by atoms with E-state index in [0.29, 0.717) is 11.4 Å². The van der Waals surface area contributed by atoms with Gasteiger partial charge in [0.25, 0.3) is 0 Å². The maximum atomic E-state index is 12.4. The molecule has 0 bridgehead atoms. The fourth-order valence-corrected chi connectivity index (χ4v) is 3.87. The average Bonchev–Trinajstić information content (AvgIpc) is 2.51. The molecule has 0 spiro atoms. The Morgan fingerprint density at radius 1 is 0.864 bits per heavy atom. The highest BCUT2D eigenvalue weighted by Crippen LogP contribution is 2.18. The van der Waals surface area contributed by atoms with E-state index >= 15 is 0 Å². The maximum Gasteiger partial charge on any atom is 0.240 e. The van der Waals surface area contributed by atoms with Crippen molar-refractivity contribution in [1.29, 1.82) is 0 Å². The standard InChI is InChI=1S/C18H31NO2S/c1-3-5-7-8-9-10-13-17-14-11-12-15-18(17)22(20,21)19-16-6-4-2/h11-12,14-15,19H,3-10,13,16H2,1-2H3. The van der Waals surface area contributed by atoms with Crippen molar-refractivity contribution in [3.05, 3.63) is 29.8 Å². The van der Waals surface area contributed by atoms with Crippen molar-refractivity contribution in [2.45, 2.75) is 76.5 Å². The minimum atomic E-state index is -3.36. The van der Waals surface area contributed by atoms with Gasteiger partial charge in [-0.05, 0) is 30.9 Å². The molecule has 0 aliphatic heterocycles. The van der Waals surface area contributed by atoms with Crippen LogP contribution in [0.15, 0.2) is 29.2 Å². The summed E-state index contributed by atoms with van der Waals surface area (Å²) in [4.78, 5) is 0.458. The van der Waals surface area contributed by atoms with Crippen molar-refractivity contribution in [2.24, 2.45) is 0 Å². The molecule has 0 atom stereocenters. The molecule has 1 N–H and O–H groups in total. The largest absolute Gasteiger partial charge is 0.240 e. The van der Waals surface area contributed by atoms with Crippen molar-refractivity contribution in [1.82, 2.24) is 4.72 Å². The summed E-state index contributed by atoms with van der Waals surface area (Å²) in [5.74, 6) is 0. The van der Waals surface area contributed by atoms with Crippen LogP contribution in [-0.2, 0) is 16.4 Å². The molecule has 0 fully saturated rings. The summed E-state index contributed by atoms with van der Waals surface area (Å²) in [6.07, 6.45) is 10.0. The second-order valence-electron chi connectivity index (χ2n) is 5.88. The number of unbranched alkanes of at least 4 members (excludes halogenated alkanes) is 6. The Morgan fingerprint density at radius 2 is 1.50 bits per heavy atom. The van der Waals surface area contributed by atoms with Crippen LogP contribution in [0.3, 0.4) is 0 Å². The van der Waals surface area contributed by atoms with Gasteiger partial charge in [0.05, 0.1) is 4.90 Å². The molecule has 22 heavy (non-hydrogen) atoms. The first-order chi connectivity index (χ1) is 10.6. The molecule has 0 saturated carbocycles. The lowest BCUT2D eigenvalue weighted by Gasteiger charge is -2.11. The lowest BCUT2D eigenvalue weighted by Crippen LogP contribution is -2.25. The molecular weight excluding hydrogens is 294 g/mol. The number of aryl methyl sites for hydroxylation is 1. The van der Waals surface area contributed by atoms with Crippen LogP contribution in [-0.4, -0.2) is 15.0 Å². The highest BCUT2D eigenvalue weighted by molar-refractivity contribution is 7.89. The van der Waals surface area contributed by atoms with Crippen molar-refractivity contribution in [2.75, 3.05) is 6.54 Å². The first-order valence-electron chi connectivity index (χ1n) is 8.69. The molecule has 0 amide bonds. The van der Waals surface area contributed by atoms with Gasteiger partial charge in [0.2, 0.25) is 10.0 Å². The van der Waals surface area contributed by atoms with Crippen LogP contribution in [0.4, 0.5) is 0 Å². The number of hydrogen-bond acceptors (Lipinski definition) is 2. The van der Waals surface area contributed by atoms with Gasteiger partial charge in [-0.25, -0.2) is 13.1 Å². The minimum absolute atomic E-state index is 0.458. The van der Waals surface area contributed by atoms with E-state index in [1.54, 1.807) is 12.1 Å². The van der Waals surface area contributed by atoms with Crippen LogP contribution in [0.5, 0.6) is 0 Å². The Morgan fingerprint density at radius 3 is 2.23 bits per heavy atom. The van der Waals surface area contributed by atoms with Gasteiger partial charge < -0.3 is 0 Å². The maximum absolute atomic E-state index is 12.4. The zero-order valence-electron chi connectivity index (χ0n) is 14.1. The lowest BCUT2D eigenvalue weighted by molar-refractivity contribution is 0.575. The van der Waals surface area contributed by atoms with Gasteiger partial charge in [-0.2, -0.15) is 0 Å². The van der Waals surface area contributed by atoms with Gasteiger partial charge in [0.15, 0.2) is 0 Å². The third-order valence-electron chi connectivity index (χ3n) is 3.88. The van der Waals surface area contributed by atoms with E-state index in [-0.39, 0.29) is 0 Å². The van der Waals surface area contributed by atoms with Gasteiger partial charge in [-0.3, -0.25) is 0 Å². The Bertz CT molecular complexity index is 512. The van der Waals surface area contributed by atoms with Crippen LogP contribution in [0.1, 0.15) is 70.8 Å². The molecule has 0 aliphatic carbocycles. The predicted octanol–water partition coefficient (Wildman–Crippen LogP) is 4.67. The molecule has 0 radical (unpaired) electrons. The molecule has 0 aromatic heterocycles. The predicted molar refractivity (Wildman–Crippen MR) is 93.6 cm³/mol. The smallest absolute Gasteiger partial charge is 0.211 e. The topological polar surface area (TPSA) is 46.2 Å². The first kappa shape index (κ1) is 19.2. The highest BCUT2D eigenvalue weighted by Gasteiger charge is 2.16. The van der Waals surface area contributed by atoms with E-state index < -0.39 is 10.0 Å². The fraction of sp³-hybridized carbons (Fsp3) is 0.667. The summed E-state index contributed by atoms with van der Waals surface area (Å²) in [7, 11) is -3.36. The zero-order valence-corrected chi connectivity index (χ0v) is 14.9. The fourth-order valence-electron chi connectivity index (χ4n) is 2.53. The van der Waals surface area contributed by atoms with Gasteiger partial charge >= 0.3 is 0 Å². The molecule has 1 aromatic rings. The van der Waals surface area contributed by atoms with Crippen LogP contribution in [0.2, 0.25) is 0 Å². The SMILES string of the molecule is CCCCCCCCc1ccccc1S(=O)(=O)NCCCC. The Balaban J connectivity index is 2.57. The number of benzene rings is 1. The summed E-state index contributed by atoms with van der Waals surface area (Å²) < 4.78 is 27.5. The number of rotatable bonds is 12. The molecule has 3 nitrogen and oxygen atoms in total. The average molecular weight is 326 g/mol. The van der Waals surface area contributed by atoms with E-state index in [0.717, 1.165) is 31.2 Å². The number of nitrogens with one attached hydrogen (secondary N) is 1. The van der Waals surface area contributed by atoms with Crippen molar-refractivity contribution in [3.8, 4) is 0 Å². The van der Waals surface area contributed by atoms with Gasteiger partial charge in [0.1, 0.15) is 0 Å². The minimum Gasteiger partial charge on any atom is -0.211 e. The summed E-state index contributed by atoms with van der Waals surface area (Å²) >= 11 is 0. The lowest BCUT2D eigenvalue weighted by atomic mass is 10.1. The molecule has 1 rings (SSSR count). The van der Waals surface area contributed by atoms with E-state index in [1.165, 1.54) is 32.1 Å². The van der Waals surface area contributed by atoms with Crippen LogP contribution in [0.25, 0.3) is 0 Å². The van der Waals surface area contributed by atoms with E-state index in [4.69, 9.17) is 0 Å². The van der Waals surface area contributed by atoms with Crippen LogP contribution < -0.4 is 4.72 Å². The van der Waals surface area contributed by atoms with E-state index in [2.05, 4.69) is 18.6 Å². The van der Waals surface area contributed by atoms with Crippen molar-refractivity contribution >= 4 is 10.0 Å². The molecule has 0 aliphatic rings. The quantitative estimate of drug-likeness (QED) is 0.568. The molecular formula is C18H31NO2S. The normalized spacial score (nSPS) is 11.7. The van der Waals surface area contributed by atoms with Crippen molar-refractivity contribution in [3.63, 3.8) is 0 Å². The van der Waals surface area contributed by atoms with Gasteiger partial charge in [-0.1, -0.05) is 70.6 Å². The summed E-state index contributed by atoms with van der Waals surface area (Å²) in [6, 6.07) is 7.40. The first-order valence-corrected chi connectivity index (χ1v) is 10.2.